The number of carbonyl (C=O) groups is 1. The third-order valence-electron chi connectivity index (χ3n) is 4.31. The van der Waals surface area contributed by atoms with Crippen LogP contribution in [0.4, 0.5) is 4.39 Å². The van der Waals surface area contributed by atoms with E-state index in [-0.39, 0.29) is 11.7 Å². The maximum Gasteiger partial charge on any atom is 0.234 e. The van der Waals surface area contributed by atoms with Crippen molar-refractivity contribution < 1.29 is 9.18 Å². The van der Waals surface area contributed by atoms with Gasteiger partial charge in [-0.15, -0.1) is 0 Å². The third kappa shape index (κ3) is 4.78. The van der Waals surface area contributed by atoms with E-state index in [1.54, 1.807) is 0 Å². The summed E-state index contributed by atoms with van der Waals surface area (Å²) in [4.78, 5) is 16.5. The lowest BCUT2D eigenvalue weighted by Gasteiger charge is -2.21. The van der Waals surface area contributed by atoms with Crippen LogP contribution in [0.25, 0.3) is 0 Å². The molecule has 0 atom stereocenters. The fourth-order valence-corrected chi connectivity index (χ4v) is 2.89. The summed E-state index contributed by atoms with van der Waals surface area (Å²) in [6.45, 7) is 5.23. The highest BCUT2D eigenvalue weighted by molar-refractivity contribution is 5.78. The number of hydrogen-bond acceptors (Lipinski definition) is 3. The van der Waals surface area contributed by atoms with E-state index in [9.17, 15) is 9.18 Å². The molecule has 2 aliphatic rings. The Bertz CT molecular complexity index is 501. The first kappa shape index (κ1) is 15.4. The molecule has 5 heteroatoms. The van der Waals surface area contributed by atoms with Crippen molar-refractivity contribution in [3.05, 3.63) is 35.6 Å². The first-order valence-electron chi connectivity index (χ1n) is 8.17. The summed E-state index contributed by atoms with van der Waals surface area (Å²) in [5.74, 6) is -0.0260. The van der Waals surface area contributed by atoms with Crippen molar-refractivity contribution in [2.45, 2.75) is 31.8 Å². The lowest BCUT2D eigenvalue weighted by atomic mass is 10.2. The molecule has 1 aliphatic heterocycles. The molecule has 1 saturated heterocycles. The minimum atomic E-state index is -0.188. The standard InChI is InChI=1S/C17H24FN3O/c18-15-4-2-14(3-5-15)12-20-8-1-9-21(11-10-20)13-17(22)19-16-6-7-16/h2-5,16H,1,6-13H2,(H,19,22). The Morgan fingerprint density at radius 3 is 2.50 bits per heavy atom. The van der Waals surface area contributed by atoms with Gasteiger partial charge in [-0.25, -0.2) is 4.39 Å². The Morgan fingerprint density at radius 2 is 1.77 bits per heavy atom. The van der Waals surface area contributed by atoms with E-state index in [0.717, 1.165) is 57.5 Å². The molecule has 22 heavy (non-hydrogen) atoms. The molecule has 1 N–H and O–H groups in total. The van der Waals surface area contributed by atoms with Crippen molar-refractivity contribution in [3.63, 3.8) is 0 Å². The van der Waals surface area contributed by atoms with Crippen LogP contribution >= 0.6 is 0 Å². The predicted molar refractivity (Wildman–Crippen MR) is 83.9 cm³/mol. The van der Waals surface area contributed by atoms with E-state index in [4.69, 9.17) is 0 Å². The van der Waals surface area contributed by atoms with Gasteiger partial charge < -0.3 is 5.32 Å². The zero-order valence-corrected chi connectivity index (χ0v) is 12.9. The number of rotatable bonds is 5. The van der Waals surface area contributed by atoms with E-state index in [0.29, 0.717) is 12.6 Å². The summed E-state index contributed by atoms with van der Waals surface area (Å²) in [6.07, 6.45) is 3.34. The van der Waals surface area contributed by atoms with Crippen LogP contribution in [-0.4, -0.2) is 54.5 Å². The second-order valence-electron chi connectivity index (χ2n) is 6.37. The van der Waals surface area contributed by atoms with E-state index >= 15 is 0 Å². The van der Waals surface area contributed by atoms with Gasteiger partial charge in [-0.05, 0) is 50.0 Å². The topological polar surface area (TPSA) is 35.6 Å². The Morgan fingerprint density at radius 1 is 1.09 bits per heavy atom. The maximum atomic E-state index is 12.9. The van der Waals surface area contributed by atoms with E-state index in [1.165, 1.54) is 12.1 Å². The van der Waals surface area contributed by atoms with Gasteiger partial charge >= 0.3 is 0 Å². The number of benzene rings is 1. The van der Waals surface area contributed by atoms with Crippen molar-refractivity contribution in [2.75, 3.05) is 32.7 Å². The maximum absolute atomic E-state index is 12.9. The molecule has 1 aliphatic carbocycles. The van der Waals surface area contributed by atoms with Crippen LogP contribution in [0.15, 0.2) is 24.3 Å². The molecular formula is C17H24FN3O. The van der Waals surface area contributed by atoms with Gasteiger partial charge in [-0.1, -0.05) is 12.1 Å². The molecule has 0 bridgehead atoms. The minimum absolute atomic E-state index is 0.162. The summed E-state index contributed by atoms with van der Waals surface area (Å²) in [6, 6.07) is 7.17. The van der Waals surface area contributed by atoms with Gasteiger partial charge in [0.25, 0.3) is 0 Å². The predicted octanol–water partition coefficient (Wildman–Crippen LogP) is 1.61. The number of amides is 1. The van der Waals surface area contributed by atoms with Crippen LogP contribution < -0.4 is 5.32 Å². The molecule has 2 fully saturated rings. The highest BCUT2D eigenvalue weighted by Gasteiger charge is 2.24. The Balaban J connectivity index is 1.44. The molecule has 3 rings (SSSR count). The molecule has 1 saturated carbocycles. The highest BCUT2D eigenvalue weighted by Crippen LogP contribution is 2.18. The molecule has 1 heterocycles. The second kappa shape index (κ2) is 7.20. The number of hydrogen-bond donors (Lipinski definition) is 1. The van der Waals surface area contributed by atoms with Crippen molar-refractivity contribution in [1.82, 2.24) is 15.1 Å². The summed E-state index contributed by atoms with van der Waals surface area (Å²) in [5.41, 5.74) is 1.14. The number of nitrogens with zero attached hydrogens (tertiary/aromatic N) is 2. The lowest BCUT2D eigenvalue weighted by molar-refractivity contribution is -0.122. The molecule has 1 amide bonds. The minimum Gasteiger partial charge on any atom is -0.352 e. The molecule has 0 radical (unpaired) electrons. The fraction of sp³-hybridized carbons (Fsp3) is 0.588. The molecule has 4 nitrogen and oxygen atoms in total. The van der Waals surface area contributed by atoms with Crippen LogP contribution in [0.2, 0.25) is 0 Å². The Hall–Kier alpha value is -1.46. The van der Waals surface area contributed by atoms with Gasteiger partial charge in [0.1, 0.15) is 5.82 Å². The molecule has 0 aromatic heterocycles. The largest absolute Gasteiger partial charge is 0.352 e. The Kier molecular flexibility index (Phi) is 5.05. The zero-order chi connectivity index (χ0) is 15.4. The monoisotopic (exact) mass is 305 g/mol. The quantitative estimate of drug-likeness (QED) is 0.898. The highest BCUT2D eigenvalue weighted by atomic mass is 19.1. The summed E-state index contributed by atoms with van der Waals surface area (Å²) in [5, 5.41) is 3.05. The Labute approximate surface area is 131 Å². The number of nitrogens with one attached hydrogen (secondary N) is 1. The van der Waals surface area contributed by atoms with Crippen LogP contribution in [0.1, 0.15) is 24.8 Å². The van der Waals surface area contributed by atoms with Gasteiger partial charge in [-0.3, -0.25) is 14.6 Å². The SMILES string of the molecule is O=C(CN1CCCN(Cc2ccc(F)cc2)CC1)NC1CC1. The van der Waals surface area contributed by atoms with Crippen LogP contribution in [0.5, 0.6) is 0 Å². The summed E-state index contributed by atoms with van der Waals surface area (Å²) in [7, 11) is 0. The van der Waals surface area contributed by atoms with Crippen molar-refractivity contribution >= 4 is 5.91 Å². The summed E-state index contributed by atoms with van der Waals surface area (Å²) < 4.78 is 12.9. The number of carbonyl (C=O) groups excluding carboxylic acids is 1. The van der Waals surface area contributed by atoms with E-state index in [1.807, 2.05) is 12.1 Å². The summed E-state index contributed by atoms with van der Waals surface area (Å²) >= 11 is 0. The third-order valence-corrected chi connectivity index (χ3v) is 4.31. The van der Waals surface area contributed by atoms with Crippen molar-refractivity contribution in [1.29, 1.82) is 0 Å². The average Bonchev–Trinajstić information content (AvgIpc) is 3.31. The first-order valence-corrected chi connectivity index (χ1v) is 8.17. The molecule has 120 valence electrons. The van der Waals surface area contributed by atoms with Gasteiger partial charge in [0.2, 0.25) is 5.91 Å². The smallest absolute Gasteiger partial charge is 0.234 e. The van der Waals surface area contributed by atoms with Crippen LogP contribution in [0, 0.1) is 5.82 Å². The first-order chi connectivity index (χ1) is 10.7. The molecular weight excluding hydrogens is 281 g/mol. The molecule has 1 aromatic carbocycles. The van der Waals surface area contributed by atoms with Crippen LogP contribution in [-0.2, 0) is 11.3 Å². The van der Waals surface area contributed by atoms with Gasteiger partial charge in [0, 0.05) is 25.7 Å². The van der Waals surface area contributed by atoms with Crippen LogP contribution in [0.3, 0.4) is 0 Å². The van der Waals surface area contributed by atoms with Gasteiger partial charge in [0.05, 0.1) is 6.54 Å². The normalized spacial score (nSPS) is 20.6. The lowest BCUT2D eigenvalue weighted by Crippen LogP contribution is -2.39. The molecule has 1 aromatic rings. The van der Waals surface area contributed by atoms with Gasteiger partial charge in [0.15, 0.2) is 0 Å². The van der Waals surface area contributed by atoms with E-state index < -0.39 is 0 Å². The number of halogens is 1. The fourth-order valence-electron chi connectivity index (χ4n) is 2.89. The molecule has 0 spiro atoms. The second-order valence-corrected chi connectivity index (χ2v) is 6.37. The molecule has 0 unspecified atom stereocenters. The van der Waals surface area contributed by atoms with Gasteiger partial charge in [-0.2, -0.15) is 0 Å². The van der Waals surface area contributed by atoms with Crippen molar-refractivity contribution in [2.24, 2.45) is 0 Å². The average molecular weight is 305 g/mol. The zero-order valence-electron chi connectivity index (χ0n) is 12.9. The van der Waals surface area contributed by atoms with Crippen molar-refractivity contribution in [3.8, 4) is 0 Å². The van der Waals surface area contributed by atoms with E-state index in [2.05, 4.69) is 15.1 Å².